The number of anilines is 1. The largest absolute Gasteiger partial charge is 0.379 e. The molecule has 1 aliphatic rings. The van der Waals surface area contributed by atoms with Crippen LogP contribution in [-0.2, 0) is 11.2 Å². The first-order valence-corrected chi connectivity index (χ1v) is 8.29. The van der Waals surface area contributed by atoms with Crippen LogP contribution in [0.2, 0.25) is 0 Å². The summed E-state index contributed by atoms with van der Waals surface area (Å²) >= 11 is 0. The standard InChI is InChI=1S/C19H23N3O/c23-19(10-4-8-16-6-2-1-3-7-16)22-13-11-18(15-22)21-17-9-5-12-20-14-17/h1-3,5-7,9,12,14,18,21H,4,8,10-11,13,15H2. The summed E-state index contributed by atoms with van der Waals surface area (Å²) in [5.41, 5.74) is 2.33. The van der Waals surface area contributed by atoms with Crippen molar-refractivity contribution in [2.45, 2.75) is 31.7 Å². The average molecular weight is 309 g/mol. The van der Waals surface area contributed by atoms with Gasteiger partial charge in [-0.1, -0.05) is 30.3 Å². The molecular formula is C19H23N3O. The van der Waals surface area contributed by atoms with Crippen molar-refractivity contribution in [2.24, 2.45) is 0 Å². The van der Waals surface area contributed by atoms with Gasteiger partial charge in [0.1, 0.15) is 0 Å². The summed E-state index contributed by atoms with van der Waals surface area (Å²) in [6, 6.07) is 14.6. The van der Waals surface area contributed by atoms with Crippen LogP contribution in [0.1, 0.15) is 24.8 Å². The van der Waals surface area contributed by atoms with Crippen molar-refractivity contribution in [2.75, 3.05) is 18.4 Å². The van der Waals surface area contributed by atoms with Crippen LogP contribution < -0.4 is 5.32 Å². The quantitative estimate of drug-likeness (QED) is 0.892. The van der Waals surface area contributed by atoms with Gasteiger partial charge in [-0.05, 0) is 37.0 Å². The normalized spacial score (nSPS) is 17.2. The van der Waals surface area contributed by atoms with Gasteiger partial charge in [0.25, 0.3) is 0 Å². The van der Waals surface area contributed by atoms with Gasteiger partial charge < -0.3 is 10.2 Å². The molecule has 0 bridgehead atoms. The summed E-state index contributed by atoms with van der Waals surface area (Å²) in [4.78, 5) is 18.4. The number of pyridine rings is 1. The molecule has 1 unspecified atom stereocenters. The van der Waals surface area contributed by atoms with Gasteiger partial charge in [0, 0.05) is 37.9 Å². The number of aromatic nitrogens is 1. The molecule has 1 aliphatic heterocycles. The Kier molecular flexibility index (Phi) is 5.25. The van der Waals surface area contributed by atoms with E-state index in [4.69, 9.17) is 0 Å². The Morgan fingerprint density at radius 2 is 2.09 bits per heavy atom. The molecular weight excluding hydrogens is 286 g/mol. The monoisotopic (exact) mass is 309 g/mol. The molecule has 0 radical (unpaired) electrons. The molecule has 1 fully saturated rings. The van der Waals surface area contributed by atoms with Gasteiger partial charge >= 0.3 is 0 Å². The molecule has 0 saturated carbocycles. The number of carbonyl (C=O) groups excluding carboxylic acids is 1. The number of likely N-dealkylation sites (tertiary alicyclic amines) is 1. The summed E-state index contributed by atoms with van der Waals surface area (Å²) in [5, 5.41) is 3.45. The molecule has 120 valence electrons. The lowest BCUT2D eigenvalue weighted by Gasteiger charge is -2.17. The van der Waals surface area contributed by atoms with Crippen LogP contribution >= 0.6 is 0 Å². The topological polar surface area (TPSA) is 45.2 Å². The fraction of sp³-hybridized carbons (Fsp3) is 0.368. The molecule has 4 nitrogen and oxygen atoms in total. The van der Waals surface area contributed by atoms with E-state index in [0.29, 0.717) is 12.5 Å². The van der Waals surface area contributed by atoms with Crippen molar-refractivity contribution in [1.82, 2.24) is 9.88 Å². The van der Waals surface area contributed by atoms with Crippen LogP contribution in [0.4, 0.5) is 5.69 Å². The molecule has 0 spiro atoms. The number of nitrogens with one attached hydrogen (secondary N) is 1. The average Bonchev–Trinajstić information content (AvgIpc) is 3.05. The summed E-state index contributed by atoms with van der Waals surface area (Å²) < 4.78 is 0. The fourth-order valence-corrected chi connectivity index (χ4v) is 3.03. The number of hydrogen-bond donors (Lipinski definition) is 1. The van der Waals surface area contributed by atoms with E-state index in [2.05, 4.69) is 22.4 Å². The highest BCUT2D eigenvalue weighted by atomic mass is 16.2. The molecule has 2 heterocycles. The van der Waals surface area contributed by atoms with E-state index >= 15 is 0 Å². The molecule has 2 aromatic rings. The van der Waals surface area contributed by atoms with Gasteiger partial charge in [-0.15, -0.1) is 0 Å². The predicted molar refractivity (Wildman–Crippen MR) is 92.2 cm³/mol. The van der Waals surface area contributed by atoms with Crippen molar-refractivity contribution in [3.8, 4) is 0 Å². The highest BCUT2D eigenvalue weighted by molar-refractivity contribution is 5.76. The van der Waals surface area contributed by atoms with Gasteiger partial charge in [-0.2, -0.15) is 0 Å². The first-order chi connectivity index (χ1) is 11.3. The second kappa shape index (κ2) is 7.77. The number of rotatable bonds is 6. The minimum Gasteiger partial charge on any atom is -0.379 e. The highest BCUT2D eigenvalue weighted by Gasteiger charge is 2.25. The molecule has 1 aromatic heterocycles. The molecule has 3 rings (SSSR count). The van der Waals surface area contributed by atoms with E-state index in [9.17, 15) is 4.79 Å². The number of aryl methyl sites for hydroxylation is 1. The number of benzene rings is 1. The molecule has 1 amide bonds. The summed E-state index contributed by atoms with van der Waals surface area (Å²) in [7, 11) is 0. The lowest BCUT2D eigenvalue weighted by molar-refractivity contribution is -0.130. The fourth-order valence-electron chi connectivity index (χ4n) is 3.03. The number of amides is 1. The predicted octanol–water partition coefficient (Wildman–Crippen LogP) is 3.12. The molecule has 1 atom stereocenters. The molecule has 0 aliphatic carbocycles. The summed E-state index contributed by atoms with van der Waals surface area (Å²) in [6.45, 7) is 1.64. The second-order valence-corrected chi connectivity index (χ2v) is 6.05. The zero-order chi connectivity index (χ0) is 15.9. The van der Waals surface area contributed by atoms with E-state index in [1.165, 1.54) is 5.56 Å². The van der Waals surface area contributed by atoms with E-state index < -0.39 is 0 Å². The van der Waals surface area contributed by atoms with Crippen LogP contribution in [-0.4, -0.2) is 34.9 Å². The summed E-state index contributed by atoms with van der Waals surface area (Å²) in [5.74, 6) is 0.274. The minimum absolute atomic E-state index is 0.274. The molecule has 23 heavy (non-hydrogen) atoms. The van der Waals surface area contributed by atoms with Crippen molar-refractivity contribution < 1.29 is 4.79 Å². The van der Waals surface area contributed by atoms with Crippen LogP contribution in [0, 0.1) is 0 Å². The lowest BCUT2D eigenvalue weighted by Crippen LogP contribution is -2.31. The Morgan fingerprint density at radius 3 is 2.87 bits per heavy atom. The maximum atomic E-state index is 12.3. The van der Waals surface area contributed by atoms with E-state index in [-0.39, 0.29) is 5.91 Å². The molecule has 1 N–H and O–H groups in total. The van der Waals surface area contributed by atoms with Gasteiger partial charge in [0.05, 0.1) is 5.69 Å². The first kappa shape index (κ1) is 15.5. The summed E-state index contributed by atoms with van der Waals surface area (Å²) in [6.07, 6.45) is 7.11. The number of nitrogens with zero attached hydrogens (tertiary/aromatic N) is 2. The molecule has 4 heteroatoms. The zero-order valence-corrected chi connectivity index (χ0v) is 13.3. The Labute approximate surface area is 137 Å². The van der Waals surface area contributed by atoms with Gasteiger partial charge in [0.2, 0.25) is 5.91 Å². The maximum absolute atomic E-state index is 12.3. The van der Waals surface area contributed by atoms with Crippen LogP contribution in [0.15, 0.2) is 54.9 Å². The van der Waals surface area contributed by atoms with E-state index in [1.54, 1.807) is 6.20 Å². The molecule has 1 saturated heterocycles. The van der Waals surface area contributed by atoms with Crippen LogP contribution in [0.25, 0.3) is 0 Å². The first-order valence-electron chi connectivity index (χ1n) is 8.29. The van der Waals surface area contributed by atoms with Crippen molar-refractivity contribution >= 4 is 11.6 Å². The van der Waals surface area contributed by atoms with E-state index in [1.807, 2.05) is 41.4 Å². The third kappa shape index (κ3) is 4.55. The second-order valence-electron chi connectivity index (χ2n) is 6.05. The third-order valence-corrected chi connectivity index (χ3v) is 4.27. The Balaban J connectivity index is 1.41. The van der Waals surface area contributed by atoms with E-state index in [0.717, 1.165) is 38.0 Å². The van der Waals surface area contributed by atoms with Gasteiger partial charge in [0.15, 0.2) is 0 Å². The Hall–Kier alpha value is -2.36. The maximum Gasteiger partial charge on any atom is 0.222 e. The van der Waals surface area contributed by atoms with Gasteiger partial charge in [-0.3, -0.25) is 9.78 Å². The van der Waals surface area contributed by atoms with Crippen molar-refractivity contribution in [1.29, 1.82) is 0 Å². The number of hydrogen-bond acceptors (Lipinski definition) is 3. The minimum atomic E-state index is 0.274. The SMILES string of the molecule is O=C(CCCc1ccccc1)N1CCC(Nc2cccnc2)C1. The van der Waals surface area contributed by atoms with Crippen LogP contribution in [0.3, 0.4) is 0 Å². The van der Waals surface area contributed by atoms with Gasteiger partial charge in [-0.25, -0.2) is 0 Å². The Morgan fingerprint density at radius 1 is 1.22 bits per heavy atom. The third-order valence-electron chi connectivity index (χ3n) is 4.27. The van der Waals surface area contributed by atoms with Crippen molar-refractivity contribution in [3.63, 3.8) is 0 Å². The Bertz CT molecular complexity index is 615. The zero-order valence-electron chi connectivity index (χ0n) is 13.3. The lowest BCUT2D eigenvalue weighted by atomic mass is 10.1. The highest BCUT2D eigenvalue weighted by Crippen LogP contribution is 2.16. The molecule has 1 aromatic carbocycles. The van der Waals surface area contributed by atoms with Crippen LogP contribution in [0.5, 0.6) is 0 Å². The smallest absolute Gasteiger partial charge is 0.222 e. The number of carbonyl (C=O) groups is 1. The van der Waals surface area contributed by atoms with Crippen molar-refractivity contribution in [3.05, 3.63) is 60.4 Å².